The molecule has 0 fully saturated rings. The molecule has 0 radical (unpaired) electrons. The van der Waals surface area contributed by atoms with Gasteiger partial charge in [0.15, 0.2) is 0 Å². The normalized spacial score (nSPS) is 12.2. The molecule has 1 N–H and O–H groups in total. The van der Waals surface area contributed by atoms with Crippen LogP contribution in [0.5, 0.6) is 0 Å². The predicted octanol–water partition coefficient (Wildman–Crippen LogP) is -2.05. The van der Waals surface area contributed by atoms with Crippen molar-refractivity contribution in [1.82, 2.24) is 0 Å². The first kappa shape index (κ1) is 6.27. The van der Waals surface area contributed by atoms with Crippen molar-refractivity contribution in [3.8, 4) is 0 Å². The van der Waals surface area contributed by atoms with Crippen LogP contribution < -0.4 is 0 Å². The van der Waals surface area contributed by atoms with Crippen LogP contribution in [-0.2, 0) is 24.7 Å². The van der Waals surface area contributed by atoms with Gasteiger partial charge in [-0.2, -0.15) is 0 Å². The molecule has 0 atom stereocenters. The average molecular weight is 148 g/mol. The molecular weight excluding hydrogens is 144 g/mol. The summed E-state index contributed by atoms with van der Waals surface area (Å²) in [4.78, 5) is 0. The molecule has 0 bridgehead atoms. The summed E-state index contributed by atoms with van der Waals surface area (Å²) < 4.78 is 30.2. The summed E-state index contributed by atoms with van der Waals surface area (Å²) in [5.74, 6) is 0. The van der Waals surface area contributed by atoms with Crippen molar-refractivity contribution in [2.24, 2.45) is 0 Å². The topological polar surface area (TPSA) is 63.6 Å². The van der Waals surface area contributed by atoms with Gasteiger partial charge in [0.25, 0.3) is 0 Å². The second-order valence-corrected chi connectivity index (χ2v) is 3.83. The summed E-state index contributed by atoms with van der Waals surface area (Å²) >= 11 is -4.72. The average Bonchev–Trinajstić information content (AvgIpc) is 1.35. The quantitative estimate of drug-likeness (QED) is 0.435. The van der Waals surface area contributed by atoms with Gasteiger partial charge in [0, 0.05) is 0 Å². The van der Waals surface area contributed by atoms with Gasteiger partial charge in [-0.25, -0.2) is 0 Å². The van der Waals surface area contributed by atoms with E-state index in [0.717, 1.165) is 0 Å². The van der Waals surface area contributed by atoms with Gasteiger partial charge >= 0.3 is 39.3 Å². The summed E-state index contributed by atoms with van der Waals surface area (Å²) in [6.07, 6.45) is 0. The van der Waals surface area contributed by atoms with Crippen LogP contribution in [0.3, 0.4) is 0 Å². The van der Waals surface area contributed by atoms with Gasteiger partial charge in [0.2, 0.25) is 0 Å². The Morgan fingerprint density at radius 2 is 1.83 bits per heavy atom. The van der Waals surface area contributed by atoms with Crippen molar-refractivity contribution in [3.63, 3.8) is 0 Å². The molecule has 0 unspecified atom stereocenters. The van der Waals surface area contributed by atoms with Crippen LogP contribution in [-0.4, -0.2) is 14.6 Å². The first-order valence-corrected chi connectivity index (χ1v) is 4.04. The molecule has 6 heavy (non-hydrogen) atoms. The second-order valence-electron chi connectivity index (χ2n) is 0.594. The molecule has 4 nitrogen and oxygen atoms in total. The molecule has 0 heterocycles. The summed E-state index contributed by atoms with van der Waals surface area (Å²) in [5, 5.41) is 0. The van der Waals surface area contributed by atoms with Crippen molar-refractivity contribution >= 4 is 10.5 Å². The van der Waals surface area contributed by atoms with Crippen LogP contribution in [0.15, 0.2) is 0 Å². The molecule has 0 aromatic heterocycles. The van der Waals surface area contributed by atoms with Gasteiger partial charge in [-0.15, -0.1) is 0 Å². The van der Waals surface area contributed by atoms with Crippen molar-refractivity contribution in [2.75, 3.05) is 0 Å². The monoisotopic (exact) mass is 148 g/mol. The molecule has 0 spiro atoms. The molecular formula is H4CrO4Si. The van der Waals surface area contributed by atoms with E-state index >= 15 is 0 Å². The maximum atomic E-state index is 9.44. The van der Waals surface area contributed by atoms with E-state index < -0.39 is 13.6 Å². The van der Waals surface area contributed by atoms with Gasteiger partial charge in [0.1, 0.15) is 0 Å². The fourth-order valence-corrected chi connectivity index (χ4v) is 0. The second kappa shape index (κ2) is 1.82. The number of hydrogen-bond acceptors (Lipinski definition) is 3. The Bertz CT molecular complexity index is 110. The zero-order chi connectivity index (χ0) is 5.21. The van der Waals surface area contributed by atoms with E-state index in [-0.39, 0.29) is 10.5 Å². The third-order valence-electron chi connectivity index (χ3n) is 0.211. The standard InChI is InChI=1S/Cr.H3OSi.H2O.2O/c;1-2;;;/h;2H3;1H2;;/q+2;-1;;;/p-1. The fraction of sp³-hybridized carbons (Fsp3) is 0. The van der Waals surface area contributed by atoms with Crippen LogP contribution in [0, 0.1) is 0 Å². The van der Waals surface area contributed by atoms with Crippen LogP contribution in [0.1, 0.15) is 0 Å². The Hall–Kier alpha value is 0.269. The van der Waals surface area contributed by atoms with E-state index in [1.165, 1.54) is 0 Å². The van der Waals surface area contributed by atoms with Crippen molar-refractivity contribution in [2.45, 2.75) is 0 Å². The summed E-state index contributed by atoms with van der Waals surface area (Å²) in [7, 11) is 0.0424. The van der Waals surface area contributed by atoms with Gasteiger partial charge in [-0.3, -0.25) is 0 Å². The van der Waals surface area contributed by atoms with E-state index in [1.807, 2.05) is 0 Å². The van der Waals surface area contributed by atoms with Crippen LogP contribution >= 0.6 is 0 Å². The molecule has 0 aromatic carbocycles. The zero-order valence-electron chi connectivity index (χ0n) is 3.08. The molecule has 0 aliphatic rings. The third kappa shape index (κ3) is 4.27. The zero-order valence-corrected chi connectivity index (χ0v) is 6.36. The minimum atomic E-state index is -4.72. The molecule has 6 heteroatoms. The molecule has 0 saturated carbocycles. The molecule has 0 rings (SSSR count). The Kier molecular flexibility index (Phi) is 1.90. The van der Waals surface area contributed by atoms with Crippen molar-refractivity contribution in [1.29, 1.82) is 0 Å². The Morgan fingerprint density at radius 1 is 1.67 bits per heavy atom. The number of rotatable bonds is 1. The van der Waals surface area contributed by atoms with E-state index in [0.29, 0.717) is 0 Å². The van der Waals surface area contributed by atoms with E-state index in [1.54, 1.807) is 0 Å². The van der Waals surface area contributed by atoms with Gasteiger partial charge in [0.05, 0.1) is 0 Å². The molecule has 0 aromatic rings. The SMILES string of the molecule is [O]=[Cr](=[O])([OH])[O][SiH3]. The third-order valence-corrected chi connectivity index (χ3v) is 2.61. The number of hydrogen-bond donors (Lipinski definition) is 1. The van der Waals surface area contributed by atoms with E-state index in [9.17, 15) is 7.61 Å². The Morgan fingerprint density at radius 3 is 1.83 bits per heavy atom. The van der Waals surface area contributed by atoms with Crippen LogP contribution in [0.25, 0.3) is 0 Å². The van der Waals surface area contributed by atoms with Gasteiger partial charge in [-0.1, -0.05) is 0 Å². The maximum absolute atomic E-state index is 9.44. The first-order valence-electron chi connectivity index (χ1n) is 1.09. The summed E-state index contributed by atoms with van der Waals surface area (Å²) in [5.41, 5.74) is 0. The minimum absolute atomic E-state index is 0.0424. The molecule has 0 amide bonds. The summed E-state index contributed by atoms with van der Waals surface area (Å²) in [6, 6.07) is 0. The first-order chi connectivity index (χ1) is 2.56. The summed E-state index contributed by atoms with van der Waals surface area (Å²) in [6.45, 7) is 0. The van der Waals surface area contributed by atoms with Crippen LogP contribution in [0.2, 0.25) is 0 Å². The Balaban J connectivity index is 3.85. The van der Waals surface area contributed by atoms with Crippen molar-refractivity contribution < 1.29 is 28.9 Å². The van der Waals surface area contributed by atoms with Crippen LogP contribution in [0.4, 0.5) is 0 Å². The van der Waals surface area contributed by atoms with Crippen molar-refractivity contribution in [3.05, 3.63) is 0 Å². The fourth-order valence-electron chi connectivity index (χ4n) is 0. The molecule has 0 saturated heterocycles. The van der Waals surface area contributed by atoms with E-state index in [2.05, 4.69) is 3.48 Å². The Labute approximate surface area is 40.0 Å². The molecule has 0 aliphatic carbocycles. The van der Waals surface area contributed by atoms with Gasteiger partial charge in [-0.05, 0) is 0 Å². The predicted molar refractivity (Wildman–Crippen MR) is 14.6 cm³/mol. The van der Waals surface area contributed by atoms with E-state index in [4.69, 9.17) is 4.16 Å². The molecule has 38 valence electrons. The molecule has 0 aliphatic heterocycles. The van der Waals surface area contributed by atoms with Gasteiger partial charge < -0.3 is 0 Å².